The summed E-state index contributed by atoms with van der Waals surface area (Å²) in [6.45, 7) is 3.48. The van der Waals surface area contributed by atoms with Crippen LogP contribution in [0.2, 0.25) is 0 Å². The molecule has 1 aromatic rings. The van der Waals surface area contributed by atoms with Gasteiger partial charge in [-0.05, 0) is 25.8 Å². The van der Waals surface area contributed by atoms with Crippen molar-refractivity contribution in [2.24, 2.45) is 13.0 Å². The van der Waals surface area contributed by atoms with Crippen LogP contribution in [0.5, 0.6) is 0 Å². The van der Waals surface area contributed by atoms with Gasteiger partial charge in [0.25, 0.3) is 0 Å². The van der Waals surface area contributed by atoms with Gasteiger partial charge in [0.05, 0.1) is 17.2 Å². The Balaban J connectivity index is 1.95. The van der Waals surface area contributed by atoms with E-state index in [1.165, 1.54) is 5.56 Å². The molecule has 1 N–H and O–H groups in total. The summed E-state index contributed by atoms with van der Waals surface area (Å²) in [5.41, 5.74) is 2.20. The van der Waals surface area contributed by atoms with Gasteiger partial charge in [-0.2, -0.15) is 5.10 Å². The highest BCUT2D eigenvalue weighted by Crippen LogP contribution is 2.22. The van der Waals surface area contributed by atoms with Gasteiger partial charge in [0.2, 0.25) is 0 Å². The van der Waals surface area contributed by atoms with E-state index in [4.69, 9.17) is 0 Å². The fraction of sp³-hybridized carbons (Fsp3) is 0.769. The van der Waals surface area contributed by atoms with Gasteiger partial charge < -0.3 is 10.2 Å². The van der Waals surface area contributed by atoms with Crippen molar-refractivity contribution in [3.8, 4) is 0 Å². The number of aromatic nitrogens is 2. The summed E-state index contributed by atoms with van der Waals surface area (Å²) in [6.07, 6.45) is 0.780. The van der Waals surface area contributed by atoms with Crippen molar-refractivity contribution in [3.63, 3.8) is 0 Å². The normalized spacial score (nSPS) is 21.3. The van der Waals surface area contributed by atoms with Crippen molar-refractivity contribution in [2.75, 3.05) is 37.0 Å². The van der Waals surface area contributed by atoms with Crippen molar-refractivity contribution in [2.45, 2.75) is 19.9 Å². The molecule has 1 aromatic heterocycles. The van der Waals surface area contributed by atoms with Crippen LogP contribution >= 0.6 is 0 Å². The SMILES string of the molecule is Cc1nn(C)c(N(C)C)c1CNCC1CCS(=O)(=O)C1. The van der Waals surface area contributed by atoms with E-state index in [1.807, 2.05) is 32.7 Å². The van der Waals surface area contributed by atoms with Crippen LogP contribution in [0, 0.1) is 12.8 Å². The van der Waals surface area contributed by atoms with E-state index in [2.05, 4.69) is 15.3 Å². The number of hydrogen-bond donors (Lipinski definition) is 1. The minimum absolute atomic E-state index is 0.250. The summed E-state index contributed by atoms with van der Waals surface area (Å²) < 4.78 is 24.7. The average molecular weight is 300 g/mol. The second-order valence-corrected chi connectivity index (χ2v) is 8.03. The zero-order chi connectivity index (χ0) is 14.9. The van der Waals surface area contributed by atoms with Crippen LogP contribution in [0.4, 0.5) is 5.82 Å². The predicted molar refractivity (Wildman–Crippen MR) is 80.7 cm³/mol. The number of aryl methyl sites for hydroxylation is 2. The van der Waals surface area contributed by atoms with Gasteiger partial charge in [-0.15, -0.1) is 0 Å². The molecule has 2 heterocycles. The molecule has 114 valence electrons. The molecule has 7 heteroatoms. The van der Waals surface area contributed by atoms with Gasteiger partial charge in [0, 0.05) is 33.3 Å². The third-order valence-electron chi connectivity index (χ3n) is 3.80. The van der Waals surface area contributed by atoms with Gasteiger partial charge in [0.15, 0.2) is 9.84 Å². The first-order valence-corrected chi connectivity index (χ1v) is 8.73. The van der Waals surface area contributed by atoms with Crippen LogP contribution in [0.1, 0.15) is 17.7 Å². The van der Waals surface area contributed by atoms with E-state index >= 15 is 0 Å². The monoisotopic (exact) mass is 300 g/mol. The molecule has 0 spiro atoms. The molecule has 1 aliphatic heterocycles. The van der Waals surface area contributed by atoms with Gasteiger partial charge in [-0.1, -0.05) is 0 Å². The third kappa shape index (κ3) is 3.32. The number of hydrogen-bond acceptors (Lipinski definition) is 5. The van der Waals surface area contributed by atoms with Crippen molar-refractivity contribution in [3.05, 3.63) is 11.3 Å². The molecule has 0 radical (unpaired) electrons. The number of nitrogens with one attached hydrogen (secondary N) is 1. The quantitative estimate of drug-likeness (QED) is 0.848. The highest BCUT2D eigenvalue weighted by molar-refractivity contribution is 7.91. The topological polar surface area (TPSA) is 67.2 Å². The number of rotatable bonds is 5. The Morgan fingerprint density at radius 3 is 2.70 bits per heavy atom. The Morgan fingerprint density at radius 1 is 1.45 bits per heavy atom. The highest BCUT2D eigenvalue weighted by Gasteiger charge is 2.27. The number of anilines is 1. The van der Waals surface area contributed by atoms with E-state index in [9.17, 15) is 8.42 Å². The van der Waals surface area contributed by atoms with Crippen molar-refractivity contribution >= 4 is 15.7 Å². The van der Waals surface area contributed by atoms with Gasteiger partial charge >= 0.3 is 0 Å². The summed E-state index contributed by atoms with van der Waals surface area (Å²) in [6, 6.07) is 0. The highest BCUT2D eigenvalue weighted by atomic mass is 32.2. The van der Waals surface area contributed by atoms with E-state index in [0.717, 1.165) is 31.0 Å². The fourth-order valence-electron chi connectivity index (χ4n) is 2.89. The van der Waals surface area contributed by atoms with Crippen LogP contribution < -0.4 is 10.2 Å². The van der Waals surface area contributed by atoms with Crippen molar-refractivity contribution in [1.82, 2.24) is 15.1 Å². The van der Waals surface area contributed by atoms with Crippen LogP contribution in [-0.4, -0.2) is 50.3 Å². The average Bonchev–Trinajstić information content (AvgIpc) is 2.79. The lowest BCUT2D eigenvalue weighted by atomic mass is 10.1. The second-order valence-electron chi connectivity index (χ2n) is 5.81. The molecule has 1 aliphatic rings. The van der Waals surface area contributed by atoms with Gasteiger partial charge in [-0.25, -0.2) is 8.42 Å². The summed E-state index contributed by atoms with van der Waals surface area (Å²) >= 11 is 0. The van der Waals surface area contributed by atoms with E-state index < -0.39 is 9.84 Å². The molecule has 20 heavy (non-hydrogen) atoms. The molecule has 0 aromatic carbocycles. The first kappa shape index (κ1) is 15.3. The molecule has 2 rings (SSSR count). The first-order valence-electron chi connectivity index (χ1n) is 6.91. The van der Waals surface area contributed by atoms with Crippen LogP contribution in [-0.2, 0) is 23.4 Å². The Bertz CT molecular complexity index is 577. The third-order valence-corrected chi connectivity index (χ3v) is 5.64. The Kier molecular flexibility index (Phi) is 4.39. The van der Waals surface area contributed by atoms with Crippen LogP contribution in [0.25, 0.3) is 0 Å². The van der Waals surface area contributed by atoms with E-state index in [0.29, 0.717) is 11.5 Å². The van der Waals surface area contributed by atoms with Crippen molar-refractivity contribution < 1.29 is 8.42 Å². The summed E-state index contributed by atoms with van der Waals surface area (Å²) in [5.74, 6) is 2.01. The predicted octanol–water partition coefficient (Wildman–Crippen LogP) is 0.319. The first-order chi connectivity index (χ1) is 9.30. The minimum Gasteiger partial charge on any atom is -0.363 e. The number of nitrogens with zero attached hydrogens (tertiary/aromatic N) is 3. The summed E-state index contributed by atoms with van der Waals surface area (Å²) in [7, 11) is 3.17. The molecule has 1 unspecified atom stereocenters. The zero-order valence-electron chi connectivity index (χ0n) is 12.7. The maximum Gasteiger partial charge on any atom is 0.150 e. The van der Waals surface area contributed by atoms with E-state index in [1.54, 1.807) is 0 Å². The molecule has 1 saturated heterocycles. The molecule has 0 bridgehead atoms. The molecule has 1 atom stereocenters. The molecule has 0 aliphatic carbocycles. The molecule has 6 nitrogen and oxygen atoms in total. The fourth-order valence-corrected chi connectivity index (χ4v) is 4.75. The maximum atomic E-state index is 11.4. The Labute approximate surface area is 121 Å². The molecule has 0 saturated carbocycles. The lowest BCUT2D eigenvalue weighted by Gasteiger charge is -2.16. The van der Waals surface area contributed by atoms with Gasteiger partial charge in [-0.3, -0.25) is 4.68 Å². The van der Waals surface area contributed by atoms with Crippen LogP contribution in [0.3, 0.4) is 0 Å². The lowest BCUT2D eigenvalue weighted by Crippen LogP contribution is -2.24. The summed E-state index contributed by atoms with van der Waals surface area (Å²) in [5, 5.41) is 7.83. The Hall–Kier alpha value is -1.08. The summed E-state index contributed by atoms with van der Waals surface area (Å²) in [4.78, 5) is 2.05. The molecule has 1 fully saturated rings. The number of sulfone groups is 1. The Morgan fingerprint density at radius 2 is 2.15 bits per heavy atom. The largest absolute Gasteiger partial charge is 0.363 e. The van der Waals surface area contributed by atoms with Crippen molar-refractivity contribution in [1.29, 1.82) is 0 Å². The van der Waals surface area contributed by atoms with E-state index in [-0.39, 0.29) is 5.92 Å². The van der Waals surface area contributed by atoms with Crippen LogP contribution in [0.15, 0.2) is 0 Å². The minimum atomic E-state index is -2.78. The smallest absolute Gasteiger partial charge is 0.150 e. The van der Waals surface area contributed by atoms with Gasteiger partial charge in [0.1, 0.15) is 5.82 Å². The lowest BCUT2D eigenvalue weighted by molar-refractivity contribution is 0.520. The maximum absolute atomic E-state index is 11.4. The molecular weight excluding hydrogens is 276 g/mol. The second kappa shape index (κ2) is 5.73. The standard InChI is InChI=1S/C13H24N4O2S/c1-10-12(13(16(2)3)17(4)15-10)8-14-7-11-5-6-20(18,19)9-11/h11,14H,5-9H2,1-4H3. The zero-order valence-corrected chi connectivity index (χ0v) is 13.5. The molecule has 0 amide bonds. The molecular formula is C13H24N4O2S.